The highest BCUT2D eigenvalue weighted by Crippen LogP contribution is 2.12. The Kier molecular flexibility index (Phi) is 5.39. The summed E-state index contributed by atoms with van der Waals surface area (Å²) in [5.41, 5.74) is 1.27. The van der Waals surface area contributed by atoms with Gasteiger partial charge in [0.05, 0.1) is 42.8 Å². The Balaban J connectivity index is 1.67. The molecule has 1 fully saturated rings. The van der Waals surface area contributed by atoms with Crippen molar-refractivity contribution < 1.29 is 17.9 Å². The number of unbranched alkanes of at least 4 members (excludes halogenated alkanes) is 1. The number of nitrogens with zero attached hydrogens (tertiary/aromatic N) is 1. The maximum atomic E-state index is 10.5. The van der Waals surface area contributed by atoms with Crippen molar-refractivity contribution in [3.63, 3.8) is 0 Å². The lowest BCUT2D eigenvalue weighted by atomic mass is 10.2. The van der Waals surface area contributed by atoms with Crippen LogP contribution in [0.4, 0.5) is 5.69 Å². The highest BCUT2D eigenvalue weighted by molar-refractivity contribution is 7.85. The molecule has 2 rings (SSSR count). The van der Waals surface area contributed by atoms with Crippen molar-refractivity contribution in [2.45, 2.75) is 12.8 Å². The minimum Gasteiger partial charge on any atom is -0.748 e. The molecule has 1 aromatic carbocycles. The number of para-hydroxylation sites is 1. The average Bonchev–Trinajstić information content (AvgIpc) is 2.44. The van der Waals surface area contributed by atoms with Crippen LogP contribution in [0, 0.1) is 0 Å². The third kappa shape index (κ3) is 5.11. The lowest BCUT2D eigenvalue weighted by Gasteiger charge is -2.33. The van der Waals surface area contributed by atoms with Gasteiger partial charge in [0.25, 0.3) is 0 Å². The Morgan fingerprint density at radius 2 is 1.75 bits per heavy atom. The average molecular weight is 298 g/mol. The fourth-order valence-electron chi connectivity index (χ4n) is 2.62. The molecule has 0 radical (unpaired) electrons. The van der Waals surface area contributed by atoms with E-state index in [0.717, 1.165) is 39.1 Å². The summed E-state index contributed by atoms with van der Waals surface area (Å²) in [4.78, 5) is 3.88. The predicted molar refractivity (Wildman–Crippen MR) is 78.0 cm³/mol. The molecule has 1 aliphatic rings. The molecule has 1 N–H and O–H groups in total. The number of hydrogen-bond acceptors (Lipinski definition) is 4. The molecule has 1 aromatic rings. The van der Waals surface area contributed by atoms with Crippen molar-refractivity contribution in [2.75, 3.05) is 43.4 Å². The van der Waals surface area contributed by atoms with Gasteiger partial charge in [-0.25, -0.2) is 8.42 Å². The van der Waals surface area contributed by atoms with Gasteiger partial charge in [-0.2, -0.15) is 0 Å². The molecule has 0 atom stereocenters. The summed E-state index contributed by atoms with van der Waals surface area (Å²) >= 11 is 0. The summed E-state index contributed by atoms with van der Waals surface area (Å²) in [6, 6.07) is 10.4. The molecule has 5 nitrogen and oxygen atoms in total. The number of rotatable bonds is 6. The van der Waals surface area contributed by atoms with Gasteiger partial charge >= 0.3 is 0 Å². The Morgan fingerprint density at radius 1 is 1.10 bits per heavy atom. The fraction of sp³-hybridized carbons (Fsp3) is 0.571. The van der Waals surface area contributed by atoms with E-state index in [4.69, 9.17) is 0 Å². The van der Waals surface area contributed by atoms with Gasteiger partial charge in [-0.05, 0) is 25.0 Å². The minimum atomic E-state index is -4.04. The van der Waals surface area contributed by atoms with Crippen LogP contribution in [0.2, 0.25) is 0 Å². The Bertz CT molecular complexity index is 496. The first-order valence-electron chi connectivity index (χ1n) is 7.12. The van der Waals surface area contributed by atoms with Gasteiger partial charge in [0, 0.05) is 11.4 Å². The zero-order valence-corrected chi connectivity index (χ0v) is 12.4. The molecule has 0 amide bonds. The second-order valence-corrected chi connectivity index (χ2v) is 6.82. The van der Waals surface area contributed by atoms with Crippen molar-refractivity contribution in [1.29, 1.82) is 0 Å². The lowest BCUT2D eigenvalue weighted by Crippen LogP contribution is -3.14. The number of quaternary nitrogens is 1. The van der Waals surface area contributed by atoms with Crippen LogP contribution in [0.1, 0.15) is 12.8 Å². The second-order valence-electron chi connectivity index (χ2n) is 5.29. The number of anilines is 1. The van der Waals surface area contributed by atoms with Crippen molar-refractivity contribution in [3.8, 4) is 0 Å². The maximum Gasteiger partial charge on any atom is 0.0949 e. The molecule has 6 heteroatoms. The first-order chi connectivity index (χ1) is 9.54. The van der Waals surface area contributed by atoms with Gasteiger partial charge in [0.1, 0.15) is 0 Å². The number of benzene rings is 1. The maximum absolute atomic E-state index is 10.5. The van der Waals surface area contributed by atoms with Gasteiger partial charge in [-0.15, -0.1) is 0 Å². The van der Waals surface area contributed by atoms with Gasteiger partial charge < -0.3 is 14.4 Å². The summed E-state index contributed by atoms with van der Waals surface area (Å²) in [5.74, 6) is -0.226. The van der Waals surface area contributed by atoms with Crippen LogP contribution in [0.3, 0.4) is 0 Å². The second kappa shape index (κ2) is 7.06. The molecule has 0 aliphatic carbocycles. The van der Waals surface area contributed by atoms with Crippen LogP contribution >= 0.6 is 0 Å². The quantitative estimate of drug-likeness (QED) is 0.579. The van der Waals surface area contributed by atoms with E-state index in [1.165, 1.54) is 10.6 Å². The summed E-state index contributed by atoms with van der Waals surface area (Å²) in [6.45, 7) is 5.15. The molecule has 20 heavy (non-hydrogen) atoms. The van der Waals surface area contributed by atoms with Gasteiger partial charge in [-0.1, -0.05) is 18.2 Å². The van der Waals surface area contributed by atoms with Crippen LogP contribution in [0.5, 0.6) is 0 Å². The summed E-state index contributed by atoms with van der Waals surface area (Å²) in [7, 11) is -4.04. The van der Waals surface area contributed by atoms with Gasteiger partial charge in [0.15, 0.2) is 0 Å². The van der Waals surface area contributed by atoms with Crippen molar-refractivity contribution in [3.05, 3.63) is 30.3 Å². The molecular weight excluding hydrogens is 276 g/mol. The third-order valence-corrected chi connectivity index (χ3v) is 4.56. The van der Waals surface area contributed by atoms with Crippen LogP contribution in [0.25, 0.3) is 0 Å². The van der Waals surface area contributed by atoms with Gasteiger partial charge in [-0.3, -0.25) is 0 Å². The predicted octanol–water partition coefficient (Wildman–Crippen LogP) is -0.283. The van der Waals surface area contributed by atoms with Crippen LogP contribution in [0.15, 0.2) is 30.3 Å². The van der Waals surface area contributed by atoms with Crippen LogP contribution in [-0.4, -0.2) is 51.4 Å². The molecule has 0 aromatic heterocycles. The van der Waals surface area contributed by atoms with E-state index in [-0.39, 0.29) is 5.75 Å². The summed E-state index contributed by atoms with van der Waals surface area (Å²) in [5, 5.41) is 0. The highest BCUT2D eigenvalue weighted by Gasteiger charge is 2.19. The van der Waals surface area contributed by atoms with E-state index in [1.54, 1.807) is 0 Å². The van der Waals surface area contributed by atoms with E-state index in [1.807, 2.05) is 6.07 Å². The van der Waals surface area contributed by atoms with Gasteiger partial charge in [0.2, 0.25) is 0 Å². The van der Waals surface area contributed by atoms with E-state index in [9.17, 15) is 13.0 Å². The van der Waals surface area contributed by atoms with Crippen LogP contribution < -0.4 is 9.80 Å². The third-order valence-electron chi connectivity index (χ3n) is 3.77. The monoisotopic (exact) mass is 298 g/mol. The molecule has 0 unspecified atom stereocenters. The molecule has 0 saturated carbocycles. The first-order valence-corrected chi connectivity index (χ1v) is 8.69. The Hall–Kier alpha value is -1.11. The number of nitrogens with one attached hydrogen (secondary N) is 1. The molecule has 0 spiro atoms. The number of hydrogen-bond donors (Lipinski definition) is 1. The van der Waals surface area contributed by atoms with Crippen LogP contribution in [-0.2, 0) is 10.1 Å². The molecule has 1 saturated heterocycles. The molecule has 1 aliphatic heterocycles. The SMILES string of the molecule is O=S(=O)([O-])CCCC[NH+]1CCN(c2ccccc2)CC1. The van der Waals surface area contributed by atoms with E-state index in [2.05, 4.69) is 29.2 Å². The minimum absolute atomic E-state index is 0.226. The smallest absolute Gasteiger partial charge is 0.0949 e. The van der Waals surface area contributed by atoms with Crippen molar-refractivity contribution in [1.82, 2.24) is 0 Å². The van der Waals surface area contributed by atoms with Crippen molar-refractivity contribution >= 4 is 15.8 Å². The normalized spacial score (nSPS) is 17.4. The first kappa shape index (κ1) is 15.3. The highest BCUT2D eigenvalue weighted by atomic mass is 32.2. The summed E-state index contributed by atoms with van der Waals surface area (Å²) < 4.78 is 31.5. The Labute approximate surface area is 120 Å². The lowest BCUT2D eigenvalue weighted by molar-refractivity contribution is -0.900. The molecule has 1 heterocycles. The summed E-state index contributed by atoms with van der Waals surface area (Å²) in [6.07, 6.45) is 1.29. The molecule has 0 bridgehead atoms. The largest absolute Gasteiger partial charge is 0.748 e. The van der Waals surface area contributed by atoms with E-state index < -0.39 is 10.1 Å². The Morgan fingerprint density at radius 3 is 2.35 bits per heavy atom. The van der Waals surface area contributed by atoms with E-state index in [0.29, 0.717) is 6.42 Å². The molecule has 112 valence electrons. The number of piperazine rings is 1. The fourth-order valence-corrected chi connectivity index (χ4v) is 3.18. The van der Waals surface area contributed by atoms with Crippen molar-refractivity contribution in [2.24, 2.45) is 0 Å². The molecular formula is C14H22N2O3S. The zero-order chi connectivity index (χ0) is 14.4. The zero-order valence-electron chi connectivity index (χ0n) is 11.6. The topological polar surface area (TPSA) is 64.9 Å². The standard InChI is InChI=1S/C14H22N2O3S/c17-20(18,19)13-5-4-8-15-9-11-16(12-10-15)14-6-2-1-3-7-14/h1-3,6-7H,4-5,8-13H2,(H,17,18,19). The van der Waals surface area contributed by atoms with E-state index >= 15 is 0 Å².